The van der Waals surface area contributed by atoms with Crippen molar-refractivity contribution in [3.05, 3.63) is 41.1 Å². The van der Waals surface area contributed by atoms with Gasteiger partial charge in [0.15, 0.2) is 0 Å². The molecule has 1 N–H and O–H groups in total. The number of aryl methyl sites for hydroxylation is 1. The van der Waals surface area contributed by atoms with Crippen LogP contribution in [0.3, 0.4) is 0 Å². The topological polar surface area (TPSA) is 71.0 Å². The van der Waals surface area contributed by atoms with E-state index in [4.69, 9.17) is 11.6 Å². The number of nitrogens with zero attached hydrogens (tertiary/aromatic N) is 4. The lowest BCUT2D eigenvalue weighted by atomic mass is 10.00. The molecule has 1 saturated heterocycles. The van der Waals surface area contributed by atoms with Crippen molar-refractivity contribution >= 4 is 29.0 Å². The predicted octanol–water partition coefficient (Wildman–Crippen LogP) is 3.45. The van der Waals surface area contributed by atoms with Crippen LogP contribution < -0.4 is 5.32 Å². The maximum atomic E-state index is 12.6. The third kappa shape index (κ3) is 3.82. The minimum atomic E-state index is -0.0128. The van der Waals surface area contributed by atoms with E-state index in [1.54, 1.807) is 24.7 Å². The molecule has 0 aromatic carbocycles. The summed E-state index contributed by atoms with van der Waals surface area (Å²) >= 11 is 6.29. The average molecular weight is 346 g/mol. The van der Waals surface area contributed by atoms with Gasteiger partial charge in [-0.2, -0.15) is 0 Å². The number of hydrogen-bond acceptors (Lipinski definition) is 5. The highest BCUT2D eigenvalue weighted by Gasteiger charge is 2.22. The molecule has 0 saturated carbocycles. The Morgan fingerprint density at radius 3 is 2.71 bits per heavy atom. The van der Waals surface area contributed by atoms with Crippen molar-refractivity contribution in [2.45, 2.75) is 26.7 Å². The molecule has 1 amide bonds. The van der Waals surface area contributed by atoms with Crippen LogP contribution in [0.1, 0.15) is 35.9 Å². The zero-order valence-corrected chi connectivity index (χ0v) is 14.5. The first-order chi connectivity index (χ1) is 11.5. The summed E-state index contributed by atoms with van der Waals surface area (Å²) in [5.41, 5.74) is 1.21. The van der Waals surface area contributed by atoms with Crippen molar-refractivity contribution in [2.24, 2.45) is 5.92 Å². The predicted molar refractivity (Wildman–Crippen MR) is 93.6 cm³/mol. The van der Waals surface area contributed by atoms with Crippen LogP contribution in [0.25, 0.3) is 0 Å². The van der Waals surface area contributed by atoms with Crippen LogP contribution in [0, 0.1) is 12.8 Å². The van der Waals surface area contributed by atoms with E-state index in [1.165, 1.54) is 6.42 Å². The normalized spacial score (nSPS) is 17.6. The Balaban J connectivity index is 1.74. The Labute approximate surface area is 146 Å². The lowest BCUT2D eigenvalue weighted by molar-refractivity contribution is 0.0682. The van der Waals surface area contributed by atoms with Crippen LogP contribution in [-0.4, -0.2) is 38.8 Å². The smallest absolute Gasteiger partial charge is 0.255 e. The number of rotatable bonds is 3. The Morgan fingerprint density at radius 2 is 2.04 bits per heavy atom. The number of pyridine rings is 1. The molecule has 1 fully saturated rings. The number of hydrogen-bond donors (Lipinski definition) is 1. The van der Waals surface area contributed by atoms with Gasteiger partial charge in [-0.3, -0.25) is 4.79 Å². The van der Waals surface area contributed by atoms with Gasteiger partial charge < -0.3 is 10.2 Å². The van der Waals surface area contributed by atoms with Gasteiger partial charge in [0.1, 0.15) is 11.6 Å². The monoisotopic (exact) mass is 345 g/mol. The molecule has 3 heterocycles. The molecule has 24 heavy (non-hydrogen) atoms. The second kappa shape index (κ2) is 7.13. The highest BCUT2D eigenvalue weighted by molar-refractivity contribution is 6.33. The van der Waals surface area contributed by atoms with Crippen molar-refractivity contribution in [3.63, 3.8) is 0 Å². The van der Waals surface area contributed by atoms with Crippen LogP contribution in [0.5, 0.6) is 0 Å². The Morgan fingerprint density at radius 1 is 1.29 bits per heavy atom. The summed E-state index contributed by atoms with van der Waals surface area (Å²) in [6.45, 7) is 5.57. The highest BCUT2D eigenvalue weighted by Crippen LogP contribution is 2.25. The molecule has 0 spiro atoms. The second-order valence-corrected chi connectivity index (χ2v) is 6.60. The molecule has 2 aromatic heterocycles. The van der Waals surface area contributed by atoms with E-state index >= 15 is 0 Å². The van der Waals surface area contributed by atoms with Gasteiger partial charge in [0.05, 0.1) is 28.7 Å². The summed E-state index contributed by atoms with van der Waals surface area (Å²) in [5, 5.41) is 3.45. The first-order valence-electron chi connectivity index (χ1n) is 8.03. The number of aromatic nitrogens is 3. The molecule has 0 aliphatic carbocycles. The van der Waals surface area contributed by atoms with Gasteiger partial charge in [-0.15, -0.1) is 0 Å². The molecule has 3 rings (SSSR count). The minimum absolute atomic E-state index is 0.0128. The van der Waals surface area contributed by atoms with E-state index in [9.17, 15) is 4.79 Å². The van der Waals surface area contributed by atoms with Crippen molar-refractivity contribution in [1.29, 1.82) is 0 Å². The molecule has 1 unspecified atom stereocenters. The second-order valence-electron chi connectivity index (χ2n) is 6.20. The Bertz CT molecular complexity index is 734. The standard InChI is InChI=1S/C17H20ClN5O/c1-11-4-3-5-23(10-11)17(24)13-6-15(18)16(21-7-13)22-14-8-19-12(2)20-9-14/h6-9,11H,3-5,10H2,1-2H3,(H,21,22). The fourth-order valence-electron chi connectivity index (χ4n) is 2.80. The number of anilines is 2. The van der Waals surface area contributed by atoms with Gasteiger partial charge >= 0.3 is 0 Å². The van der Waals surface area contributed by atoms with Gasteiger partial charge in [0, 0.05) is 19.3 Å². The SMILES string of the molecule is Cc1ncc(Nc2ncc(C(=O)N3CCCC(C)C3)cc2Cl)cn1. The Hall–Kier alpha value is -2.21. The van der Waals surface area contributed by atoms with Crippen LogP contribution >= 0.6 is 11.6 Å². The molecular weight excluding hydrogens is 326 g/mol. The van der Waals surface area contributed by atoms with E-state index in [0.29, 0.717) is 33.8 Å². The minimum Gasteiger partial charge on any atom is -0.338 e. The summed E-state index contributed by atoms with van der Waals surface area (Å²) in [6, 6.07) is 1.66. The number of carbonyl (C=O) groups excluding carboxylic acids is 1. The van der Waals surface area contributed by atoms with Crippen LogP contribution in [0.4, 0.5) is 11.5 Å². The molecule has 7 heteroatoms. The number of halogens is 1. The van der Waals surface area contributed by atoms with Crippen molar-refractivity contribution in [3.8, 4) is 0 Å². The zero-order valence-electron chi connectivity index (χ0n) is 13.8. The molecule has 2 aromatic rings. The number of amides is 1. The summed E-state index contributed by atoms with van der Waals surface area (Å²) in [7, 11) is 0. The molecule has 1 aliphatic rings. The van der Waals surface area contributed by atoms with E-state index in [1.807, 2.05) is 11.8 Å². The molecule has 0 radical (unpaired) electrons. The van der Waals surface area contributed by atoms with Crippen molar-refractivity contribution < 1.29 is 4.79 Å². The average Bonchev–Trinajstić information content (AvgIpc) is 2.58. The van der Waals surface area contributed by atoms with Gasteiger partial charge in [-0.25, -0.2) is 15.0 Å². The fraction of sp³-hybridized carbons (Fsp3) is 0.412. The van der Waals surface area contributed by atoms with Crippen molar-refractivity contribution in [2.75, 3.05) is 18.4 Å². The molecule has 126 valence electrons. The number of piperidine rings is 1. The molecule has 6 nitrogen and oxygen atoms in total. The van der Waals surface area contributed by atoms with E-state index < -0.39 is 0 Å². The third-order valence-corrected chi connectivity index (χ3v) is 4.36. The quantitative estimate of drug-likeness (QED) is 0.922. The summed E-state index contributed by atoms with van der Waals surface area (Å²) in [4.78, 5) is 27.0. The first-order valence-corrected chi connectivity index (χ1v) is 8.41. The molecule has 0 bridgehead atoms. The van der Waals surface area contributed by atoms with E-state index in [2.05, 4.69) is 27.2 Å². The molecule has 1 atom stereocenters. The van der Waals surface area contributed by atoms with Gasteiger partial charge in [-0.05, 0) is 31.7 Å². The summed E-state index contributed by atoms with van der Waals surface area (Å²) in [5.74, 6) is 1.69. The maximum absolute atomic E-state index is 12.6. The lowest BCUT2D eigenvalue weighted by Gasteiger charge is -2.31. The van der Waals surface area contributed by atoms with E-state index in [-0.39, 0.29) is 5.91 Å². The van der Waals surface area contributed by atoms with Crippen LogP contribution in [-0.2, 0) is 0 Å². The highest BCUT2D eigenvalue weighted by atomic mass is 35.5. The molecule has 1 aliphatic heterocycles. The van der Waals surface area contributed by atoms with E-state index in [0.717, 1.165) is 19.5 Å². The van der Waals surface area contributed by atoms with Crippen LogP contribution in [0.2, 0.25) is 5.02 Å². The Kier molecular flexibility index (Phi) is 4.94. The number of likely N-dealkylation sites (tertiary alicyclic amines) is 1. The van der Waals surface area contributed by atoms with Crippen molar-refractivity contribution in [1.82, 2.24) is 19.9 Å². The third-order valence-electron chi connectivity index (χ3n) is 4.08. The summed E-state index contributed by atoms with van der Waals surface area (Å²) < 4.78 is 0. The fourth-order valence-corrected chi connectivity index (χ4v) is 3.01. The maximum Gasteiger partial charge on any atom is 0.255 e. The van der Waals surface area contributed by atoms with Gasteiger partial charge in [0.2, 0.25) is 0 Å². The van der Waals surface area contributed by atoms with Gasteiger partial charge in [-0.1, -0.05) is 18.5 Å². The summed E-state index contributed by atoms with van der Waals surface area (Å²) in [6.07, 6.45) is 7.10. The number of nitrogens with one attached hydrogen (secondary N) is 1. The van der Waals surface area contributed by atoms with Gasteiger partial charge in [0.25, 0.3) is 5.91 Å². The lowest BCUT2D eigenvalue weighted by Crippen LogP contribution is -2.39. The largest absolute Gasteiger partial charge is 0.338 e. The number of carbonyl (C=O) groups is 1. The van der Waals surface area contributed by atoms with Crippen LogP contribution in [0.15, 0.2) is 24.7 Å². The first kappa shape index (κ1) is 16.6. The molecular formula is C17H20ClN5O. The zero-order chi connectivity index (χ0) is 17.1.